The summed E-state index contributed by atoms with van der Waals surface area (Å²) in [6, 6.07) is 9.92. The van der Waals surface area contributed by atoms with Gasteiger partial charge in [-0.3, -0.25) is 4.79 Å². The standard InChI is InChI=1S/C18H21N3O2S/c22-17(16-12-24-13-20-16)21(14-4-2-1-3-5-14)15-10-18(23-11-15)6-8-19-9-7-18/h1-5,12-13,15,19H,6-11H2/t15-/m0/s1. The number of para-hydroxylation sites is 1. The molecule has 24 heavy (non-hydrogen) atoms. The van der Waals surface area contributed by atoms with Crippen molar-refractivity contribution in [3.8, 4) is 0 Å². The van der Waals surface area contributed by atoms with Gasteiger partial charge in [-0.05, 0) is 44.5 Å². The van der Waals surface area contributed by atoms with E-state index in [1.165, 1.54) is 11.3 Å². The quantitative estimate of drug-likeness (QED) is 0.931. The lowest BCUT2D eigenvalue weighted by atomic mass is 9.88. The van der Waals surface area contributed by atoms with E-state index >= 15 is 0 Å². The normalized spacial score (nSPS) is 22.6. The molecular formula is C18H21N3O2S. The highest BCUT2D eigenvalue weighted by atomic mass is 32.1. The van der Waals surface area contributed by atoms with Crippen LogP contribution in [0.5, 0.6) is 0 Å². The summed E-state index contributed by atoms with van der Waals surface area (Å²) in [6.07, 6.45) is 2.91. The fourth-order valence-electron chi connectivity index (χ4n) is 3.74. The van der Waals surface area contributed by atoms with Crippen molar-refractivity contribution in [1.82, 2.24) is 10.3 Å². The number of aromatic nitrogens is 1. The first-order chi connectivity index (χ1) is 11.8. The second-order valence-corrected chi connectivity index (χ2v) is 7.21. The van der Waals surface area contributed by atoms with Gasteiger partial charge in [0.05, 0.1) is 23.8 Å². The van der Waals surface area contributed by atoms with E-state index in [0.29, 0.717) is 12.3 Å². The number of amides is 1. The second-order valence-electron chi connectivity index (χ2n) is 6.49. The number of ether oxygens (including phenoxy) is 1. The number of benzene rings is 1. The Kier molecular flexibility index (Phi) is 4.35. The summed E-state index contributed by atoms with van der Waals surface area (Å²) >= 11 is 1.45. The number of nitrogens with one attached hydrogen (secondary N) is 1. The van der Waals surface area contributed by atoms with E-state index in [1.54, 1.807) is 5.51 Å². The summed E-state index contributed by atoms with van der Waals surface area (Å²) in [5.74, 6) is -0.0398. The molecule has 0 bridgehead atoms. The number of nitrogens with zero attached hydrogens (tertiary/aromatic N) is 2. The van der Waals surface area contributed by atoms with E-state index in [4.69, 9.17) is 4.74 Å². The Morgan fingerprint density at radius 1 is 1.29 bits per heavy atom. The van der Waals surface area contributed by atoms with Crippen LogP contribution < -0.4 is 10.2 Å². The molecule has 2 saturated heterocycles. The van der Waals surface area contributed by atoms with Crippen molar-refractivity contribution in [2.75, 3.05) is 24.6 Å². The molecule has 0 radical (unpaired) electrons. The zero-order valence-electron chi connectivity index (χ0n) is 13.5. The Balaban J connectivity index is 1.62. The first-order valence-corrected chi connectivity index (χ1v) is 9.33. The van der Waals surface area contributed by atoms with Gasteiger partial charge in [-0.1, -0.05) is 18.2 Å². The number of anilines is 1. The average Bonchev–Trinajstić information content (AvgIpc) is 3.28. The molecule has 1 spiro atoms. The molecule has 0 saturated carbocycles. The first kappa shape index (κ1) is 15.7. The number of hydrogen-bond acceptors (Lipinski definition) is 5. The maximum Gasteiger partial charge on any atom is 0.278 e. The Morgan fingerprint density at radius 3 is 2.79 bits per heavy atom. The molecular weight excluding hydrogens is 322 g/mol. The van der Waals surface area contributed by atoms with Crippen molar-refractivity contribution in [2.45, 2.75) is 30.9 Å². The molecule has 5 nitrogen and oxygen atoms in total. The molecule has 3 heterocycles. The van der Waals surface area contributed by atoms with Crippen molar-refractivity contribution in [3.63, 3.8) is 0 Å². The third kappa shape index (κ3) is 2.97. The lowest BCUT2D eigenvalue weighted by molar-refractivity contribution is -0.0193. The summed E-state index contributed by atoms with van der Waals surface area (Å²) in [5, 5.41) is 5.20. The molecule has 4 rings (SSSR count). The van der Waals surface area contributed by atoms with Gasteiger partial charge in [-0.25, -0.2) is 4.98 Å². The Bertz CT molecular complexity index is 684. The van der Waals surface area contributed by atoms with E-state index < -0.39 is 0 Å². The van der Waals surface area contributed by atoms with Crippen molar-refractivity contribution in [1.29, 1.82) is 0 Å². The number of carbonyl (C=O) groups excluding carboxylic acids is 1. The van der Waals surface area contributed by atoms with E-state index in [2.05, 4.69) is 10.3 Å². The first-order valence-electron chi connectivity index (χ1n) is 8.39. The Morgan fingerprint density at radius 2 is 2.08 bits per heavy atom. The zero-order valence-corrected chi connectivity index (χ0v) is 14.3. The molecule has 6 heteroatoms. The molecule has 2 aliphatic rings. The van der Waals surface area contributed by atoms with Crippen LogP contribution >= 0.6 is 11.3 Å². The number of carbonyl (C=O) groups is 1. The second kappa shape index (κ2) is 6.63. The molecule has 2 fully saturated rings. The third-order valence-corrected chi connectivity index (χ3v) is 5.56. The molecule has 1 N–H and O–H groups in total. The number of hydrogen-bond donors (Lipinski definition) is 1. The van der Waals surface area contributed by atoms with Crippen LogP contribution in [0.25, 0.3) is 0 Å². The maximum absolute atomic E-state index is 13.1. The van der Waals surface area contributed by atoms with Gasteiger partial charge in [0.1, 0.15) is 5.69 Å². The highest BCUT2D eigenvalue weighted by molar-refractivity contribution is 7.07. The molecule has 0 unspecified atom stereocenters. The van der Waals surface area contributed by atoms with Crippen LogP contribution in [0, 0.1) is 0 Å². The van der Waals surface area contributed by atoms with Crippen molar-refractivity contribution >= 4 is 22.9 Å². The number of piperidine rings is 1. The molecule has 1 atom stereocenters. The molecule has 126 valence electrons. The van der Waals surface area contributed by atoms with Crippen LogP contribution in [-0.4, -0.2) is 42.2 Å². The number of rotatable bonds is 3. The lowest BCUT2D eigenvalue weighted by Gasteiger charge is -2.34. The summed E-state index contributed by atoms with van der Waals surface area (Å²) in [4.78, 5) is 19.2. The van der Waals surface area contributed by atoms with Gasteiger partial charge in [0, 0.05) is 11.1 Å². The molecule has 1 aromatic heterocycles. The van der Waals surface area contributed by atoms with Crippen molar-refractivity contribution in [2.24, 2.45) is 0 Å². The van der Waals surface area contributed by atoms with Crippen LogP contribution in [0.4, 0.5) is 5.69 Å². The van der Waals surface area contributed by atoms with Gasteiger partial charge in [0.2, 0.25) is 0 Å². The SMILES string of the molecule is O=C(c1cscn1)N(c1ccccc1)[C@@H]1COC2(CCNCC2)C1. The minimum absolute atomic E-state index is 0.0398. The van der Waals surface area contributed by atoms with Gasteiger partial charge in [-0.15, -0.1) is 11.3 Å². The van der Waals surface area contributed by atoms with Crippen LogP contribution in [0.15, 0.2) is 41.2 Å². The average molecular weight is 343 g/mol. The van der Waals surface area contributed by atoms with Gasteiger partial charge >= 0.3 is 0 Å². The van der Waals surface area contributed by atoms with Crippen LogP contribution in [0.1, 0.15) is 29.8 Å². The van der Waals surface area contributed by atoms with Crippen molar-refractivity contribution < 1.29 is 9.53 Å². The monoisotopic (exact) mass is 343 g/mol. The van der Waals surface area contributed by atoms with E-state index in [0.717, 1.165) is 38.0 Å². The van der Waals surface area contributed by atoms with E-state index in [-0.39, 0.29) is 17.6 Å². The minimum atomic E-state index is -0.0781. The van der Waals surface area contributed by atoms with Gasteiger partial charge < -0.3 is 15.0 Å². The van der Waals surface area contributed by atoms with Gasteiger partial charge in [0.15, 0.2) is 0 Å². The van der Waals surface area contributed by atoms with Crippen LogP contribution in [0.3, 0.4) is 0 Å². The predicted octanol–water partition coefficient (Wildman–Crippen LogP) is 2.70. The number of thiazole rings is 1. The van der Waals surface area contributed by atoms with Gasteiger partial charge in [0.25, 0.3) is 5.91 Å². The summed E-state index contributed by atoms with van der Waals surface area (Å²) in [6.45, 7) is 2.56. The summed E-state index contributed by atoms with van der Waals surface area (Å²) < 4.78 is 6.21. The fraction of sp³-hybridized carbons (Fsp3) is 0.444. The summed E-state index contributed by atoms with van der Waals surface area (Å²) in [5.41, 5.74) is 3.05. The zero-order chi connectivity index (χ0) is 16.4. The smallest absolute Gasteiger partial charge is 0.278 e. The fourth-order valence-corrected chi connectivity index (χ4v) is 4.27. The Hall–Kier alpha value is -1.76. The third-order valence-electron chi connectivity index (χ3n) is 4.97. The highest BCUT2D eigenvalue weighted by Crippen LogP contribution is 2.37. The summed E-state index contributed by atoms with van der Waals surface area (Å²) in [7, 11) is 0. The topological polar surface area (TPSA) is 54.5 Å². The maximum atomic E-state index is 13.1. The molecule has 2 aromatic rings. The largest absolute Gasteiger partial charge is 0.373 e. The minimum Gasteiger partial charge on any atom is -0.373 e. The molecule has 0 aliphatic carbocycles. The predicted molar refractivity (Wildman–Crippen MR) is 94.6 cm³/mol. The van der Waals surface area contributed by atoms with Crippen molar-refractivity contribution in [3.05, 3.63) is 46.9 Å². The molecule has 1 amide bonds. The van der Waals surface area contributed by atoms with Crippen LogP contribution in [0.2, 0.25) is 0 Å². The highest BCUT2D eigenvalue weighted by Gasteiger charge is 2.44. The lowest BCUT2D eigenvalue weighted by Crippen LogP contribution is -2.44. The van der Waals surface area contributed by atoms with Crippen LogP contribution in [-0.2, 0) is 4.74 Å². The van der Waals surface area contributed by atoms with Gasteiger partial charge in [-0.2, -0.15) is 0 Å². The van der Waals surface area contributed by atoms with E-state index in [9.17, 15) is 4.79 Å². The molecule has 1 aromatic carbocycles. The van der Waals surface area contributed by atoms with E-state index in [1.807, 2.05) is 40.6 Å². The Labute approximate surface area is 145 Å². The molecule has 2 aliphatic heterocycles.